The molecule has 0 saturated carbocycles. The standard InChI is InChI=1S/C20H19BF2N2O6S2/c1-3-11-9-14-16(15(10-11)33(28,29)32)18(26)17(19(27)30-4-2)24-25(14)12-5-7-13(8-6-12)31-20(21,22)23/h5-10H,3-4,21H2,1-2H3,(H,28,29,32). The van der Waals surface area contributed by atoms with E-state index in [9.17, 15) is 26.8 Å². The minimum atomic E-state index is -4.17. The number of halogens is 2. The largest absolute Gasteiger partial charge is 0.461 e. The average molecular weight is 496 g/mol. The predicted octanol–water partition coefficient (Wildman–Crippen LogP) is 2.31. The number of benzene rings is 2. The second-order valence-corrected chi connectivity index (χ2v) is 9.86. The molecule has 0 aliphatic heterocycles. The van der Waals surface area contributed by atoms with Gasteiger partial charge in [-0.25, -0.2) is 17.9 Å². The first-order chi connectivity index (χ1) is 15.4. The van der Waals surface area contributed by atoms with Gasteiger partial charge in [-0.15, -0.1) is 0 Å². The van der Waals surface area contributed by atoms with Crippen LogP contribution >= 0.6 is 11.7 Å². The van der Waals surface area contributed by atoms with E-state index in [-0.39, 0.29) is 33.8 Å². The van der Waals surface area contributed by atoms with Crippen LogP contribution in [0.5, 0.6) is 5.75 Å². The second-order valence-electron chi connectivity index (χ2n) is 7.03. The van der Waals surface area contributed by atoms with Gasteiger partial charge in [0.25, 0.3) is 0 Å². The maximum atomic E-state index is 13.1. The van der Waals surface area contributed by atoms with Gasteiger partial charge in [-0.1, -0.05) is 6.92 Å². The second kappa shape index (κ2) is 9.14. The van der Waals surface area contributed by atoms with E-state index >= 15 is 0 Å². The fourth-order valence-electron chi connectivity index (χ4n) is 3.17. The molecule has 8 nitrogen and oxygen atoms in total. The quantitative estimate of drug-likeness (QED) is 0.232. The molecule has 0 bridgehead atoms. The summed E-state index contributed by atoms with van der Waals surface area (Å²) < 4.78 is 61.7. The van der Waals surface area contributed by atoms with Gasteiger partial charge in [0.1, 0.15) is 5.75 Å². The molecule has 0 aliphatic carbocycles. The molecule has 33 heavy (non-hydrogen) atoms. The number of carbonyl (C=O) groups is 1. The van der Waals surface area contributed by atoms with Crippen LogP contribution in [-0.2, 0) is 20.0 Å². The lowest BCUT2D eigenvalue weighted by molar-refractivity contribution is -0.0972. The lowest BCUT2D eigenvalue weighted by atomic mass is 10.1. The van der Waals surface area contributed by atoms with Crippen molar-refractivity contribution in [3.05, 3.63) is 57.9 Å². The van der Waals surface area contributed by atoms with Crippen molar-refractivity contribution in [1.82, 2.24) is 9.78 Å². The lowest BCUT2D eigenvalue weighted by Crippen LogP contribution is -2.25. The van der Waals surface area contributed by atoms with Crippen LogP contribution in [0.4, 0.5) is 8.78 Å². The Bertz CT molecular complexity index is 1390. The number of fused-ring (bicyclic) bond motifs is 1. The number of esters is 1. The summed E-state index contributed by atoms with van der Waals surface area (Å²) in [6, 6.07) is 4.73. The molecule has 0 N–H and O–H groups in total. The topological polar surface area (TPSA) is 105 Å². The van der Waals surface area contributed by atoms with Crippen molar-refractivity contribution in [3.63, 3.8) is 0 Å². The first-order valence-electron chi connectivity index (χ1n) is 9.77. The van der Waals surface area contributed by atoms with Crippen LogP contribution in [0.3, 0.4) is 0 Å². The van der Waals surface area contributed by atoms with Crippen molar-refractivity contribution < 1.29 is 31.5 Å². The Labute approximate surface area is 193 Å². The number of aryl methyl sites for hydroxylation is 1. The molecule has 174 valence electrons. The van der Waals surface area contributed by atoms with Gasteiger partial charge in [0.15, 0.2) is 0 Å². The van der Waals surface area contributed by atoms with Gasteiger partial charge < -0.3 is 9.47 Å². The minimum absolute atomic E-state index is 0.0399. The van der Waals surface area contributed by atoms with E-state index in [1.54, 1.807) is 13.0 Å². The van der Waals surface area contributed by atoms with Crippen molar-refractivity contribution >= 4 is 45.2 Å². The molecule has 2 aromatic carbocycles. The van der Waals surface area contributed by atoms with Gasteiger partial charge in [0, 0.05) is 0 Å². The van der Waals surface area contributed by atoms with E-state index in [4.69, 9.17) is 4.74 Å². The number of nitrogens with zero attached hydrogens (tertiary/aromatic N) is 2. The molecule has 3 rings (SSSR count). The molecular weight excluding hydrogens is 477 g/mol. The van der Waals surface area contributed by atoms with Gasteiger partial charge >= 0.3 is 12.0 Å². The lowest BCUT2D eigenvalue weighted by Gasteiger charge is -2.16. The van der Waals surface area contributed by atoms with Crippen molar-refractivity contribution in [3.8, 4) is 11.4 Å². The summed E-state index contributed by atoms with van der Waals surface area (Å²) in [6.07, 6.45) is 0.429. The molecular formula is C20H19BF2N2O6S2. The van der Waals surface area contributed by atoms with Crippen molar-refractivity contribution in [2.24, 2.45) is 0 Å². The summed E-state index contributed by atoms with van der Waals surface area (Å²) in [5, 5.41) is 3.82. The molecule has 1 aromatic heterocycles. The van der Waals surface area contributed by atoms with Crippen LogP contribution < -0.4 is 10.2 Å². The van der Waals surface area contributed by atoms with Crippen LogP contribution in [0.15, 0.2) is 46.1 Å². The zero-order valence-electron chi connectivity index (χ0n) is 17.8. The Morgan fingerprint density at radius 1 is 1.21 bits per heavy atom. The summed E-state index contributed by atoms with van der Waals surface area (Å²) >= 11 is 3.66. The molecule has 0 fully saturated rings. The summed E-state index contributed by atoms with van der Waals surface area (Å²) in [6.45, 7) is 3.29. The highest BCUT2D eigenvalue weighted by Gasteiger charge is 2.26. The Kier molecular flexibility index (Phi) is 6.84. The van der Waals surface area contributed by atoms with Gasteiger partial charge in [-0.05, 0) is 67.0 Å². The van der Waals surface area contributed by atoms with Crippen LogP contribution in [0.25, 0.3) is 16.6 Å². The molecule has 0 unspecified atom stereocenters. The van der Waals surface area contributed by atoms with Crippen molar-refractivity contribution in [2.45, 2.75) is 31.2 Å². The Morgan fingerprint density at radius 2 is 1.85 bits per heavy atom. The molecule has 0 saturated heterocycles. The van der Waals surface area contributed by atoms with E-state index < -0.39 is 32.0 Å². The summed E-state index contributed by atoms with van der Waals surface area (Å²) in [5.41, 5.74) is -0.644. The molecule has 0 atom stereocenters. The van der Waals surface area contributed by atoms with Crippen LogP contribution in [0.1, 0.15) is 29.9 Å². The maximum absolute atomic E-state index is 13.1. The summed E-state index contributed by atoms with van der Waals surface area (Å²) in [7, 11) is -3.58. The number of hydrogen-bond donors (Lipinski definition) is 1. The van der Waals surface area contributed by atoms with Crippen LogP contribution in [0, 0.1) is 0 Å². The first-order valence-corrected chi connectivity index (χ1v) is 12.3. The van der Waals surface area contributed by atoms with Crippen LogP contribution in [-0.4, -0.2) is 44.6 Å². The van der Waals surface area contributed by atoms with E-state index in [2.05, 4.69) is 21.5 Å². The smallest absolute Gasteiger partial charge is 0.362 e. The minimum Gasteiger partial charge on any atom is -0.461 e. The molecule has 13 heteroatoms. The van der Waals surface area contributed by atoms with Gasteiger partial charge in [0.05, 0.1) is 28.1 Å². The fourth-order valence-corrected chi connectivity index (χ4v) is 4.36. The molecule has 0 aliphatic rings. The van der Waals surface area contributed by atoms with Gasteiger partial charge in [-0.2, -0.15) is 13.9 Å². The Morgan fingerprint density at radius 3 is 2.36 bits per heavy atom. The monoisotopic (exact) mass is 496 g/mol. The summed E-state index contributed by atoms with van der Waals surface area (Å²) in [4.78, 5) is 25.2. The molecule has 0 radical (unpaired) electrons. The predicted molar refractivity (Wildman–Crippen MR) is 123 cm³/mol. The third-order valence-corrected chi connectivity index (χ3v) is 6.01. The molecule has 0 amide bonds. The third-order valence-electron chi connectivity index (χ3n) is 4.54. The van der Waals surface area contributed by atoms with Crippen LogP contribution in [0.2, 0.25) is 0 Å². The zero-order chi connectivity index (χ0) is 24.6. The number of carbonyl (C=O) groups excluding carboxylic acids is 1. The van der Waals surface area contributed by atoms with E-state index in [0.29, 0.717) is 19.8 Å². The highest BCUT2D eigenvalue weighted by atomic mass is 33.1. The van der Waals surface area contributed by atoms with E-state index in [0.717, 1.165) is 0 Å². The van der Waals surface area contributed by atoms with E-state index in [1.165, 1.54) is 41.9 Å². The highest BCUT2D eigenvalue weighted by molar-refractivity contribution is 8.63. The first kappa shape index (κ1) is 24.7. The highest BCUT2D eigenvalue weighted by Crippen LogP contribution is 2.28. The van der Waals surface area contributed by atoms with Gasteiger partial charge in [-0.3, -0.25) is 4.79 Å². The Balaban J connectivity index is 2.39. The number of rotatable bonds is 7. The third kappa shape index (κ3) is 5.36. The fraction of sp³-hybridized carbons (Fsp3) is 0.250. The van der Waals surface area contributed by atoms with Crippen molar-refractivity contribution in [2.75, 3.05) is 6.61 Å². The normalized spacial score (nSPS) is 12.0. The number of hydrogen-bond acceptors (Lipinski definition) is 7. The number of alkyl halides is 2. The summed E-state index contributed by atoms with van der Waals surface area (Å²) in [5.74, 6) is -1.17. The van der Waals surface area contributed by atoms with Crippen molar-refractivity contribution in [1.29, 1.82) is 0 Å². The molecule has 1 heterocycles. The zero-order valence-corrected chi connectivity index (χ0v) is 19.5. The Hall–Kier alpha value is -2.93. The maximum Gasteiger partial charge on any atom is 0.362 e. The molecule has 3 aromatic rings. The molecule has 0 spiro atoms. The van der Waals surface area contributed by atoms with Gasteiger partial charge in [0.2, 0.25) is 27.8 Å². The van der Waals surface area contributed by atoms with E-state index in [1.807, 2.05) is 0 Å². The number of ether oxygens (including phenoxy) is 2. The SMILES string of the molecule is BC(F)(F)Oc1ccc(-n2nc(C(=O)OCC)c(=O)c3c(S(=O)(=O)S)cc(CC)cc32)cc1. The average Bonchev–Trinajstić information content (AvgIpc) is 2.72. The number of aromatic nitrogens is 2. The number of thiol groups is 1.